The summed E-state index contributed by atoms with van der Waals surface area (Å²) >= 11 is 0. The van der Waals surface area contributed by atoms with Crippen molar-refractivity contribution in [3.63, 3.8) is 0 Å². The van der Waals surface area contributed by atoms with Crippen LogP contribution in [0.4, 0.5) is 0 Å². The van der Waals surface area contributed by atoms with Crippen molar-refractivity contribution in [3.8, 4) is 0 Å². The summed E-state index contributed by atoms with van der Waals surface area (Å²) in [6.07, 6.45) is 5.99. The third kappa shape index (κ3) is 3.55. The van der Waals surface area contributed by atoms with E-state index in [1.807, 2.05) is 6.92 Å². The molecule has 7 heteroatoms. The molecule has 0 aliphatic heterocycles. The van der Waals surface area contributed by atoms with Gasteiger partial charge in [0.1, 0.15) is 16.7 Å². The summed E-state index contributed by atoms with van der Waals surface area (Å²) in [7, 11) is 1.49. The van der Waals surface area contributed by atoms with Crippen LogP contribution >= 0.6 is 10.7 Å². The van der Waals surface area contributed by atoms with Gasteiger partial charge in [0.05, 0.1) is 0 Å². The number of hydrogen-bond donors (Lipinski definition) is 0. The van der Waals surface area contributed by atoms with Gasteiger partial charge in [-0.05, 0) is 38.2 Å². The largest absolute Gasteiger partial charge is 0.458 e. The Kier molecular flexibility index (Phi) is 4.75. The molecule has 0 N–H and O–H groups in total. The average molecular weight is 320 g/mol. The lowest BCUT2D eigenvalue weighted by atomic mass is 10.3. The Morgan fingerprint density at radius 2 is 2.10 bits per heavy atom. The fourth-order valence-corrected chi connectivity index (χ4v) is 3.19. The van der Waals surface area contributed by atoms with Gasteiger partial charge in [0.25, 0.3) is 9.05 Å². The first-order valence-corrected chi connectivity index (χ1v) is 9.08. The van der Waals surface area contributed by atoms with Crippen molar-refractivity contribution in [1.29, 1.82) is 0 Å². The van der Waals surface area contributed by atoms with E-state index >= 15 is 0 Å². The molecular weight excluding hydrogens is 302 g/mol. The van der Waals surface area contributed by atoms with Crippen molar-refractivity contribution >= 4 is 25.7 Å². The van der Waals surface area contributed by atoms with Crippen LogP contribution in [-0.4, -0.2) is 25.1 Å². The lowest BCUT2D eigenvalue weighted by Gasteiger charge is -2.12. The second-order valence-electron chi connectivity index (χ2n) is 5.00. The summed E-state index contributed by atoms with van der Waals surface area (Å²) in [4.78, 5) is 12.1. The van der Waals surface area contributed by atoms with Gasteiger partial charge >= 0.3 is 5.97 Å². The number of ether oxygens (including phenoxy) is 1. The second kappa shape index (κ2) is 6.18. The minimum absolute atomic E-state index is 0.0523. The maximum Gasteiger partial charge on any atom is 0.355 e. The molecule has 1 saturated carbocycles. The summed E-state index contributed by atoms with van der Waals surface area (Å²) in [5.41, 5.74) is 0.248. The normalized spacial score (nSPS) is 16.5. The van der Waals surface area contributed by atoms with Crippen LogP contribution in [0.3, 0.4) is 0 Å². The molecule has 1 fully saturated rings. The number of carbonyl (C=O) groups excluding carboxylic acids is 1. The summed E-state index contributed by atoms with van der Waals surface area (Å²) in [5, 5.41) is 0. The van der Waals surface area contributed by atoms with E-state index in [9.17, 15) is 13.2 Å². The summed E-state index contributed by atoms with van der Waals surface area (Å²) < 4.78 is 29.7. The predicted octanol–water partition coefficient (Wildman–Crippen LogP) is 2.93. The Labute approximate surface area is 123 Å². The molecule has 1 heterocycles. The molecule has 1 aromatic rings. The molecule has 0 radical (unpaired) electrons. The highest BCUT2D eigenvalue weighted by molar-refractivity contribution is 8.13. The monoisotopic (exact) mass is 319 g/mol. The van der Waals surface area contributed by atoms with Crippen LogP contribution in [-0.2, 0) is 20.3 Å². The van der Waals surface area contributed by atoms with Crippen molar-refractivity contribution in [2.24, 2.45) is 0 Å². The maximum absolute atomic E-state index is 12.2. The number of halogens is 1. The molecule has 112 valence electrons. The van der Waals surface area contributed by atoms with Crippen LogP contribution in [0.25, 0.3) is 0 Å². The van der Waals surface area contributed by atoms with Crippen LogP contribution < -0.4 is 0 Å². The topological polar surface area (TPSA) is 65.4 Å². The van der Waals surface area contributed by atoms with Gasteiger partial charge in [0, 0.05) is 23.4 Å². The molecule has 2 rings (SSSR count). The van der Waals surface area contributed by atoms with Crippen molar-refractivity contribution in [2.45, 2.75) is 56.6 Å². The van der Waals surface area contributed by atoms with E-state index in [-0.39, 0.29) is 16.7 Å². The second-order valence-corrected chi connectivity index (χ2v) is 7.57. The number of rotatable bonds is 5. The quantitative estimate of drug-likeness (QED) is 0.618. The van der Waals surface area contributed by atoms with Crippen LogP contribution in [0, 0.1) is 0 Å². The van der Waals surface area contributed by atoms with Gasteiger partial charge in [-0.25, -0.2) is 13.2 Å². The molecule has 0 saturated heterocycles. The highest BCUT2D eigenvalue weighted by Crippen LogP contribution is 2.24. The first-order chi connectivity index (χ1) is 9.41. The third-order valence-electron chi connectivity index (χ3n) is 3.40. The Hall–Kier alpha value is -1.01. The van der Waals surface area contributed by atoms with E-state index < -0.39 is 15.0 Å². The molecule has 20 heavy (non-hydrogen) atoms. The Bertz CT molecular complexity index is 588. The van der Waals surface area contributed by atoms with Crippen molar-refractivity contribution in [2.75, 3.05) is 0 Å². The van der Waals surface area contributed by atoms with Gasteiger partial charge in [0.2, 0.25) is 0 Å². The number of carbonyl (C=O) groups is 1. The van der Waals surface area contributed by atoms with Gasteiger partial charge in [-0.3, -0.25) is 0 Å². The fourth-order valence-electron chi connectivity index (χ4n) is 2.43. The summed E-state index contributed by atoms with van der Waals surface area (Å²) in [5.74, 6) is -0.475. The Balaban J connectivity index is 2.23. The third-order valence-corrected chi connectivity index (χ3v) is 4.72. The number of aromatic nitrogens is 1. The molecular formula is C13H18ClNO4S. The number of esters is 1. The van der Waals surface area contributed by atoms with Gasteiger partial charge in [0.15, 0.2) is 0 Å². The van der Waals surface area contributed by atoms with E-state index in [1.54, 1.807) is 4.57 Å². The zero-order chi connectivity index (χ0) is 14.8. The van der Waals surface area contributed by atoms with Gasteiger partial charge in [-0.1, -0.05) is 6.92 Å². The van der Waals surface area contributed by atoms with E-state index in [1.165, 1.54) is 12.3 Å². The molecule has 0 unspecified atom stereocenters. The first kappa shape index (κ1) is 15.4. The molecule has 0 amide bonds. The van der Waals surface area contributed by atoms with Crippen molar-refractivity contribution in [1.82, 2.24) is 4.57 Å². The molecule has 0 aromatic carbocycles. The molecule has 5 nitrogen and oxygen atoms in total. The van der Waals surface area contributed by atoms with E-state index in [4.69, 9.17) is 15.4 Å². The molecule has 1 aromatic heterocycles. The van der Waals surface area contributed by atoms with Crippen molar-refractivity contribution in [3.05, 3.63) is 18.0 Å². The van der Waals surface area contributed by atoms with Gasteiger partial charge < -0.3 is 9.30 Å². The van der Waals surface area contributed by atoms with Gasteiger partial charge in [-0.2, -0.15) is 0 Å². The van der Waals surface area contributed by atoms with Crippen molar-refractivity contribution < 1.29 is 17.9 Å². The first-order valence-electron chi connectivity index (χ1n) is 6.77. The lowest BCUT2D eigenvalue weighted by molar-refractivity contribution is 0.0305. The number of nitrogens with zero attached hydrogens (tertiary/aromatic N) is 1. The lowest BCUT2D eigenvalue weighted by Crippen LogP contribution is -2.17. The van der Waals surface area contributed by atoms with Crippen LogP contribution in [0.1, 0.15) is 49.5 Å². The predicted molar refractivity (Wildman–Crippen MR) is 75.4 cm³/mol. The SMILES string of the molecule is CCCn1cc(S(=O)(=O)Cl)cc1C(=O)OC1CCCC1. The van der Waals surface area contributed by atoms with Crippen LogP contribution in [0.5, 0.6) is 0 Å². The minimum atomic E-state index is -3.84. The van der Waals surface area contributed by atoms with Crippen LogP contribution in [0.15, 0.2) is 17.2 Å². The standard InChI is InChI=1S/C13H18ClNO4S/c1-2-7-15-9-11(20(14,17)18)8-12(15)13(16)19-10-5-3-4-6-10/h8-10H,2-7H2,1H3. The van der Waals surface area contributed by atoms with Crippen LogP contribution in [0.2, 0.25) is 0 Å². The summed E-state index contributed by atoms with van der Waals surface area (Å²) in [6, 6.07) is 1.29. The maximum atomic E-state index is 12.2. The van der Waals surface area contributed by atoms with E-state index in [0.717, 1.165) is 32.1 Å². The van der Waals surface area contributed by atoms with Gasteiger partial charge in [-0.15, -0.1) is 0 Å². The number of hydrogen-bond acceptors (Lipinski definition) is 4. The molecule has 0 bridgehead atoms. The minimum Gasteiger partial charge on any atom is -0.458 e. The Morgan fingerprint density at radius 1 is 1.45 bits per heavy atom. The Morgan fingerprint density at radius 3 is 2.65 bits per heavy atom. The average Bonchev–Trinajstić information content (AvgIpc) is 2.97. The zero-order valence-electron chi connectivity index (χ0n) is 11.3. The number of aryl methyl sites for hydroxylation is 1. The van der Waals surface area contributed by atoms with E-state index in [0.29, 0.717) is 6.54 Å². The zero-order valence-corrected chi connectivity index (χ0v) is 12.9. The molecule has 0 spiro atoms. The fraction of sp³-hybridized carbons (Fsp3) is 0.615. The highest BCUT2D eigenvalue weighted by atomic mass is 35.7. The molecule has 1 aliphatic rings. The van der Waals surface area contributed by atoms with E-state index in [2.05, 4.69) is 0 Å². The molecule has 1 aliphatic carbocycles. The smallest absolute Gasteiger partial charge is 0.355 e. The summed E-state index contributed by atoms with van der Waals surface area (Å²) in [6.45, 7) is 2.49. The highest BCUT2D eigenvalue weighted by Gasteiger charge is 2.24. The molecule has 0 atom stereocenters.